The van der Waals surface area contributed by atoms with E-state index in [0.717, 1.165) is 11.8 Å². The van der Waals surface area contributed by atoms with E-state index >= 15 is 0 Å². The van der Waals surface area contributed by atoms with Gasteiger partial charge in [-0.25, -0.2) is 4.39 Å². The first-order valence-electron chi connectivity index (χ1n) is 7.31. The number of halogens is 1. The van der Waals surface area contributed by atoms with Gasteiger partial charge in [0.05, 0.1) is 5.52 Å². The smallest absolute Gasteiger partial charge is 0.147 e. The first-order chi connectivity index (χ1) is 10.3. The standard InChI is InChI=1S/C18H17FN2/c1-20-17-9-14(11-5-2-3-6-12(11)17)15-10-21-18-13(15)7-4-8-16(18)19/h2-8,10,14,17,20-21H,9H2,1H3. The minimum Gasteiger partial charge on any atom is -0.358 e. The maximum Gasteiger partial charge on any atom is 0.147 e. The van der Waals surface area contributed by atoms with Gasteiger partial charge in [0.2, 0.25) is 0 Å². The zero-order valence-electron chi connectivity index (χ0n) is 11.9. The highest BCUT2D eigenvalue weighted by Crippen LogP contribution is 2.45. The third kappa shape index (κ3) is 1.81. The van der Waals surface area contributed by atoms with Gasteiger partial charge in [0.15, 0.2) is 0 Å². The van der Waals surface area contributed by atoms with E-state index in [1.807, 2.05) is 19.3 Å². The second-order valence-corrected chi connectivity index (χ2v) is 5.66. The van der Waals surface area contributed by atoms with E-state index < -0.39 is 0 Å². The molecule has 2 atom stereocenters. The number of fused-ring (bicyclic) bond motifs is 2. The number of nitrogens with one attached hydrogen (secondary N) is 2. The lowest BCUT2D eigenvalue weighted by Crippen LogP contribution is -2.13. The van der Waals surface area contributed by atoms with Crippen molar-refractivity contribution in [3.8, 4) is 0 Å². The van der Waals surface area contributed by atoms with Crippen molar-refractivity contribution in [2.45, 2.75) is 18.4 Å². The Morgan fingerprint density at radius 2 is 1.86 bits per heavy atom. The Bertz CT molecular complexity index is 806. The van der Waals surface area contributed by atoms with Crippen LogP contribution >= 0.6 is 0 Å². The van der Waals surface area contributed by atoms with E-state index in [0.29, 0.717) is 17.5 Å². The van der Waals surface area contributed by atoms with Crippen LogP contribution in [0.1, 0.15) is 35.1 Å². The molecule has 0 saturated heterocycles. The first kappa shape index (κ1) is 12.6. The average Bonchev–Trinajstić information content (AvgIpc) is 3.09. The number of hydrogen-bond donors (Lipinski definition) is 2. The Labute approximate surface area is 123 Å². The van der Waals surface area contributed by atoms with Gasteiger partial charge in [-0.3, -0.25) is 0 Å². The van der Waals surface area contributed by atoms with Crippen LogP contribution in [0.15, 0.2) is 48.7 Å². The Kier molecular flexibility index (Phi) is 2.82. The highest BCUT2D eigenvalue weighted by molar-refractivity contribution is 5.85. The zero-order valence-corrected chi connectivity index (χ0v) is 11.9. The predicted octanol–water partition coefficient (Wildman–Crippen LogP) is 4.10. The van der Waals surface area contributed by atoms with Crippen molar-refractivity contribution >= 4 is 10.9 Å². The van der Waals surface area contributed by atoms with Gasteiger partial charge in [-0.1, -0.05) is 36.4 Å². The van der Waals surface area contributed by atoms with Crippen LogP contribution in [-0.4, -0.2) is 12.0 Å². The van der Waals surface area contributed by atoms with Gasteiger partial charge in [0.1, 0.15) is 5.82 Å². The summed E-state index contributed by atoms with van der Waals surface area (Å²) in [4.78, 5) is 3.10. The zero-order chi connectivity index (χ0) is 14.4. The fraction of sp³-hybridized carbons (Fsp3) is 0.222. The summed E-state index contributed by atoms with van der Waals surface area (Å²) in [5.41, 5.74) is 4.50. The van der Waals surface area contributed by atoms with Crippen LogP contribution < -0.4 is 5.32 Å². The highest BCUT2D eigenvalue weighted by atomic mass is 19.1. The Morgan fingerprint density at radius 1 is 1.05 bits per heavy atom. The van der Waals surface area contributed by atoms with Crippen LogP contribution in [0.25, 0.3) is 10.9 Å². The van der Waals surface area contributed by atoms with Crippen LogP contribution in [0.5, 0.6) is 0 Å². The molecule has 0 aliphatic heterocycles. The number of H-pyrrole nitrogens is 1. The van der Waals surface area contributed by atoms with Crippen LogP contribution in [0.2, 0.25) is 0 Å². The molecule has 1 heterocycles. The van der Waals surface area contributed by atoms with Gasteiger partial charge in [-0.2, -0.15) is 0 Å². The average molecular weight is 280 g/mol. The number of rotatable bonds is 2. The van der Waals surface area contributed by atoms with Gasteiger partial charge >= 0.3 is 0 Å². The molecule has 0 saturated carbocycles. The predicted molar refractivity (Wildman–Crippen MR) is 83.0 cm³/mol. The number of aromatic amines is 1. The molecule has 1 aromatic heterocycles. The summed E-state index contributed by atoms with van der Waals surface area (Å²) >= 11 is 0. The molecule has 106 valence electrons. The van der Waals surface area contributed by atoms with Crippen LogP contribution in [-0.2, 0) is 0 Å². The molecule has 0 fully saturated rings. The topological polar surface area (TPSA) is 27.8 Å². The quantitative estimate of drug-likeness (QED) is 0.726. The number of aromatic nitrogens is 1. The van der Waals surface area contributed by atoms with E-state index in [-0.39, 0.29) is 5.82 Å². The highest BCUT2D eigenvalue weighted by Gasteiger charge is 2.32. The summed E-state index contributed by atoms with van der Waals surface area (Å²) in [5.74, 6) is 0.129. The summed E-state index contributed by atoms with van der Waals surface area (Å²) in [5, 5.41) is 4.38. The lowest BCUT2D eigenvalue weighted by atomic mass is 9.92. The molecule has 0 bridgehead atoms. The van der Waals surface area contributed by atoms with E-state index in [1.54, 1.807) is 6.07 Å². The van der Waals surface area contributed by atoms with Crippen LogP contribution in [0, 0.1) is 5.82 Å². The van der Waals surface area contributed by atoms with E-state index in [2.05, 4.69) is 34.6 Å². The Balaban J connectivity index is 1.89. The molecule has 3 aromatic rings. The monoisotopic (exact) mass is 280 g/mol. The van der Waals surface area contributed by atoms with Crippen molar-refractivity contribution in [1.82, 2.24) is 10.3 Å². The summed E-state index contributed by atoms with van der Waals surface area (Å²) in [6, 6.07) is 14.2. The van der Waals surface area contributed by atoms with Crippen molar-refractivity contribution in [3.63, 3.8) is 0 Å². The van der Waals surface area contributed by atoms with Crippen molar-refractivity contribution in [2.75, 3.05) is 7.05 Å². The van der Waals surface area contributed by atoms with Gasteiger partial charge in [0, 0.05) is 23.5 Å². The molecule has 21 heavy (non-hydrogen) atoms. The molecule has 2 N–H and O–H groups in total. The van der Waals surface area contributed by atoms with E-state index in [9.17, 15) is 4.39 Å². The summed E-state index contributed by atoms with van der Waals surface area (Å²) in [7, 11) is 2.00. The molecule has 0 radical (unpaired) electrons. The molecular formula is C18H17FN2. The van der Waals surface area contributed by atoms with Crippen LogP contribution in [0.4, 0.5) is 4.39 Å². The van der Waals surface area contributed by atoms with Crippen molar-refractivity contribution in [1.29, 1.82) is 0 Å². The molecule has 2 nitrogen and oxygen atoms in total. The lowest BCUT2D eigenvalue weighted by Gasteiger charge is -2.11. The molecule has 1 aliphatic carbocycles. The van der Waals surface area contributed by atoms with Gasteiger partial charge < -0.3 is 10.3 Å². The van der Waals surface area contributed by atoms with E-state index in [4.69, 9.17) is 0 Å². The molecule has 4 rings (SSSR count). The normalized spacial score (nSPS) is 20.9. The summed E-state index contributed by atoms with van der Waals surface area (Å²) in [6.07, 6.45) is 2.98. The van der Waals surface area contributed by atoms with Gasteiger partial charge in [0.25, 0.3) is 0 Å². The SMILES string of the molecule is CNC1CC(c2c[nH]c3c(F)cccc23)c2ccccc21. The fourth-order valence-electron chi connectivity index (χ4n) is 3.63. The molecule has 2 aromatic carbocycles. The summed E-state index contributed by atoms with van der Waals surface area (Å²) in [6.45, 7) is 0. The number of para-hydroxylation sites is 1. The molecule has 2 unspecified atom stereocenters. The second-order valence-electron chi connectivity index (χ2n) is 5.66. The minimum absolute atomic E-state index is 0.185. The lowest BCUT2D eigenvalue weighted by molar-refractivity contribution is 0.566. The van der Waals surface area contributed by atoms with Crippen molar-refractivity contribution < 1.29 is 4.39 Å². The largest absolute Gasteiger partial charge is 0.358 e. The second kappa shape index (κ2) is 4.71. The van der Waals surface area contributed by atoms with Gasteiger partial charge in [-0.15, -0.1) is 0 Å². The minimum atomic E-state index is -0.185. The van der Waals surface area contributed by atoms with Gasteiger partial charge in [-0.05, 0) is 36.2 Å². The summed E-state index contributed by atoms with van der Waals surface area (Å²) < 4.78 is 13.9. The van der Waals surface area contributed by atoms with Crippen LogP contribution in [0.3, 0.4) is 0 Å². The third-order valence-electron chi connectivity index (χ3n) is 4.64. The Morgan fingerprint density at radius 3 is 2.67 bits per heavy atom. The maximum atomic E-state index is 13.9. The molecular weight excluding hydrogens is 263 g/mol. The first-order valence-corrected chi connectivity index (χ1v) is 7.31. The number of benzene rings is 2. The van der Waals surface area contributed by atoms with Crippen molar-refractivity contribution in [2.24, 2.45) is 0 Å². The molecule has 3 heteroatoms. The molecule has 0 spiro atoms. The maximum absolute atomic E-state index is 13.9. The molecule has 0 amide bonds. The Hall–Kier alpha value is -2.13. The van der Waals surface area contributed by atoms with Crippen molar-refractivity contribution in [3.05, 3.63) is 71.2 Å². The third-order valence-corrected chi connectivity index (χ3v) is 4.64. The molecule has 1 aliphatic rings. The fourth-order valence-corrected chi connectivity index (χ4v) is 3.63. The number of hydrogen-bond acceptors (Lipinski definition) is 1. The van der Waals surface area contributed by atoms with E-state index in [1.165, 1.54) is 22.8 Å².